The van der Waals surface area contributed by atoms with Crippen LogP contribution in [0.1, 0.15) is 30.2 Å². The van der Waals surface area contributed by atoms with Crippen molar-refractivity contribution in [2.45, 2.75) is 39.7 Å². The molecule has 112 valence electrons. The third-order valence-corrected chi connectivity index (χ3v) is 5.56. The molecular weight excluding hydrogens is 286 g/mol. The molecule has 1 fully saturated rings. The van der Waals surface area contributed by atoms with Gasteiger partial charge in [-0.15, -0.1) is 11.3 Å². The predicted octanol–water partition coefficient (Wildman–Crippen LogP) is 3.00. The zero-order chi connectivity index (χ0) is 15.1. The van der Waals surface area contributed by atoms with E-state index in [1.807, 2.05) is 0 Å². The summed E-state index contributed by atoms with van der Waals surface area (Å²) >= 11 is 1.69. The number of carboxylic acids is 1. The van der Waals surface area contributed by atoms with E-state index >= 15 is 0 Å². The quantitative estimate of drug-likeness (QED) is 0.924. The lowest BCUT2D eigenvalue weighted by Crippen LogP contribution is -2.43. The van der Waals surface area contributed by atoms with Gasteiger partial charge in [-0.25, -0.2) is 9.97 Å². The van der Waals surface area contributed by atoms with Gasteiger partial charge in [0, 0.05) is 17.5 Å². The van der Waals surface area contributed by atoms with Crippen molar-refractivity contribution in [2.75, 3.05) is 11.4 Å². The second-order valence-electron chi connectivity index (χ2n) is 5.76. The van der Waals surface area contributed by atoms with E-state index in [-0.39, 0.29) is 12.0 Å². The molecule has 0 amide bonds. The number of aliphatic carboxylic acids is 1. The third-order valence-electron chi connectivity index (χ3n) is 4.44. The van der Waals surface area contributed by atoms with E-state index in [2.05, 4.69) is 35.6 Å². The summed E-state index contributed by atoms with van der Waals surface area (Å²) in [5, 5.41) is 10.3. The number of anilines is 1. The number of nitrogens with zero attached hydrogens (tertiary/aromatic N) is 3. The number of fused-ring (bicyclic) bond motifs is 1. The van der Waals surface area contributed by atoms with Crippen LogP contribution in [0.2, 0.25) is 0 Å². The number of piperidine rings is 1. The van der Waals surface area contributed by atoms with Gasteiger partial charge in [-0.2, -0.15) is 0 Å². The molecule has 2 unspecified atom stereocenters. The van der Waals surface area contributed by atoms with Crippen LogP contribution in [0.5, 0.6) is 0 Å². The van der Waals surface area contributed by atoms with Crippen molar-refractivity contribution in [2.24, 2.45) is 5.92 Å². The fourth-order valence-corrected chi connectivity index (χ4v) is 4.08. The minimum Gasteiger partial charge on any atom is -0.481 e. The number of carbonyl (C=O) groups is 1. The molecule has 2 aromatic heterocycles. The zero-order valence-electron chi connectivity index (χ0n) is 12.5. The Morgan fingerprint density at radius 2 is 2.19 bits per heavy atom. The summed E-state index contributed by atoms with van der Waals surface area (Å²) in [5.74, 6) is 0.0361. The number of aryl methyl sites for hydroxylation is 2. The van der Waals surface area contributed by atoms with Crippen molar-refractivity contribution in [3.63, 3.8) is 0 Å². The molecule has 21 heavy (non-hydrogen) atoms. The van der Waals surface area contributed by atoms with Gasteiger partial charge >= 0.3 is 5.97 Å². The summed E-state index contributed by atoms with van der Waals surface area (Å²) in [6.45, 7) is 7.03. The Balaban J connectivity index is 2.00. The molecule has 6 heteroatoms. The summed E-state index contributed by atoms with van der Waals surface area (Å²) in [6.07, 6.45) is 2.96. The maximum atomic E-state index is 11.2. The van der Waals surface area contributed by atoms with Crippen LogP contribution < -0.4 is 4.90 Å². The molecule has 5 nitrogen and oxygen atoms in total. The average molecular weight is 305 g/mol. The number of carboxylic acid groups (broad SMARTS) is 1. The highest BCUT2D eigenvalue weighted by Gasteiger charge is 2.31. The number of rotatable bonds is 2. The first-order chi connectivity index (χ1) is 9.99. The molecule has 0 aromatic carbocycles. The van der Waals surface area contributed by atoms with Crippen LogP contribution in [0.4, 0.5) is 5.82 Å². The van der Waals surface area contributed by atoms with Crippen molar-refractivity contribution in [3.8, 4) is 0 Å². The van der Waals surface area contributed by atoms with Gasteiger partial charge in [0.2, 0.25) is 0 Å². The van der Waals surface area contributed by atoms with Crippen LogP contribution >= 0.6 is 11.3 Å². The summed E-state index contributed by atoms with van der Waals surface area (Å²) in [5.41, 5.74) is 1.23. The lowest BCUT2D eigenvalue weighted by atomic mass is 9.91. The lowest BCUT2D eigenvalue weighted by molar-refractivity contribution is -0.142. The Kier molecular flexibility index (Phi) is 3.57. The molecule has 1 aliphatic heterocycles. The third kappa shape index (κ3) is 2.37. The van der Waals surface area contributed by atoms with E-state index in [9.17, 15) is 9.90 Å². The van der Waals surface area contributed by atoms with Crippen molar-refractivity contribution >= 4 is 33.3 Å². The summed E-state index contributed by atoms with van der Waals surface area (Å²) in [4.78, 5) is 24.6. The monoisotopic (exact) mass is 305 g/mol. The van der Waals surface area contributed by atoms with Crippen molar-refractivity contribution in [1.29, 1.82) is 0 Å². The molecule has 1 saturated heterocycles. The van der Waals surface area contributed by atoms with E-state index in [1.165, 1.54) is 10.4 Å². The van der Waals surface area contributed by atoms with E-state index < -0.39 is 5.97 Å². The molecule has 1 N–H and O–H groups in total. The zero-order valence-corrected chi connectivity index (χ0v) is 13.3. The Labute approximate surface area is 127 Å². The first-order valence-corrected chi connectivity index (χ1v) is 8.00. The van der Waals surface area contributed by atoms with Crippen LogP contribution in [0.3, 0.4) is 0 Å². The van der Waals surface area contributed by atoms with Gasteiger partial charge in [0.05, 0.1) is 11.3 Å². The lowest BCUT2D eigenvalue weighted by Gasteiger charge is -2.37. The maximum Gasteiger partial charge on any atom is 0.306 e. The van der Waals surface area contributed by atoms with Crippen molar-refractivity contribution < 1.29 is 9.90 Å². The SMILES string of the molecule is Cc1sc2ncnc(N3CCC(C(=O)O)CC3C)c2c1C. The molecular formula is C15H19N3O2S. The van der Waals surface area contributed by atoms with E-state index in [0.717, 1.165) is 22.6 Å². The highest BCUT2D eigenvalue weighted by atomic mass is 32.1. The van der Waals surface area contributed by atoms with Crippen LogP contribution in [0.25, 0.3) is 10.2 Å². The van der Waals surface area contributed by atoms with Gasteiger partial charge in [-0.1, -0.05) is 0 Å². The van der Waals surface area contributed by atoms with E-state index in [1.54, 1.807) is 17.7 Å². The van der Waals surface area contributed by atoms with Gasteiger partial charge < -0.3 is 10.0 Å². The Bertz CT molecular complexity index is 698. The van der Waals surface area contributed by atoms with Gasteiger partial charge in [0.15, 0.2) is 0 Å². The Morgan fingerprint density at radius 1 is 1.43 bits per heavy atom. The Morgan fingerprint density at radius 3 is 2.86 bits per heavy atom. The minimum atomic E-state index is -0.683. The molecule has 0 aliphatic carbocycles. The Hall–Kier alpha value is -1.69. The van der Waals surface area contributed by atoms with Gasteiger partial charge in [-0.05, 0) is 39.2 Å². The first-order valence-electron chi connectivity index (χ1n) is 7.19. The van der Waals surface area contributed by atoms with Crippen molar-refractivity contribution in [1.82, 2.24) is 9.97 Å². The number of thiophene rings is 1. The largest absolute Gasteiger partial charge is 0.481 e. The summed E-state index contributed by atoms with van der Waals surface area (Å²) < 4.78 is 0. The number of aromatic nitrogens is 2. The molecule has 2 aromatic rings. The summed E-state index contributed by atoms with van der Waals surface area (Å²) in [6, 6.07) is 0.178. The number of hydrogen-bond acceptors (Lipinski definition) is 5. The molecule has 2 atom stereocenters. The molecule has 0 saturated carbocycles. The van der Waals surface area contributed by atoms with Crippen LogP contribution in [-0.4, -0.2) is 33.6 Å². The molecule has 0 spiro atoms. The molecule has 1 aliphatic rings. The second-order valence-corrected chi connectivity index (χ2v) is 6.97. The highest BCUT2D eigenvalue weighted by Crippen LogP contribution is 2.37. The normalized spacial score (nSPS) is 22.7. The molecule has 0 bridgehead atoms. The van der Waals surface area contributed by atoms with E-state index in [4.69, 9.17) is 0 Å². The topological polar surface area (TPSA) is 66.3 Å². The first kappa shape index (κ1) is 14.3. The molecule has 3 heterocycles. The minimum absolute atomic E-state index is 0.178. The highest BCUT2D eigenvalue weighted by molar-refractivity contribution is 7.18. The molecule has 3 rings (SSSR count). The standard InChI is InChI=1S/C15H19N3O2S/c1-8-6-11(15(19)20)4-5-18(8)13-12-9(2)10(3)21-14(12)17-7-16-13/h7-8,11H,4-6H2,1-3H3,(H,19,20). The number of hydrogen-bond donors (Lipinski definition) is 1. The predicted molar refractivity (Wildman–Crippen MR) is 84.1 cm³/mol. The van der Waals surface area contributed by atoms with Gasteiger partial charge in [-0.3, -0.25) is 4.79 Å². The van der Waals surface area contributed by atoms with Crippen LogP contribution in [0.15, 0.2) is 6.33 Å². The van der Waals surface area contributed by atoms with Gasteiger partial charge in [0.25, 0.3) is 0 Å². The van der Waals surface area contributed by atoms with Crippen LogP contribution in [0, 0.1) is 19.8 Å². The van der Waals surface area contributed by atoms with Crippen molar-refractivity contribution in [3.05, 3.63) is 16.8 Å². The maximum absolute atomic E-state index is 11.2. The molecule has 0 radical (unpaired) electrons. The average Bonchev–Trinajstić information content (AvgIpc) is 2.74. The van der Waals surface area contributed by atoms with E-state index in [0.29, 0.717) is 12.8 Å². The second kappa shape index (κ2) is 5.26. The smallest absolute Gasteiger partial charge is 0.306 e. The van der Waals surface area contributed by atoms with Gasteiger partial charge in [0.1, 0.15) is 17.0 Å². The fraction of sp³-hybridized carbons (Fsp3) is 0.533. The fourth-order valence-electron chi connectivity index (χ4n) is 3.09. The van der Waals surface area contributed by atoms with Crippen LogP contribution in [-0.2, 0) is 4.79 Å². The summed E-state index contributed by atoms with van der Waals surface area (Å²) in [7, 11) is 0.